The molecule has 0 aromatic rings. The maximum Gasteiger partial charge on any atom is 0.404 e. The minimum Gasteiger partial charge on any atom is -0.368 e. The molecule has 0 aliphatic carbocycles. The van der Waals surface area contributed by atoms with Gasteiger partial charge in [-0.25, -0.2) is 13.1 Å². The second-order valence-electron chi connectivity index (χ2n) is 4.65. The van der Waals surface area contributed by atoms with Crippen LogP contribution in [-0.4, -0.2) is 32.3 Å². The average Bonchev–Trinajstić information content (AvgIpc) is 2.23. The molecule has 0 aliphatic heterocycles. The lowest BCUT2D eigenvalue weighted by atomic mass is 10.1. The molecule has 20 heavy (non-hydrogen) atoms. The van der Waals surface area contributed by atoms with Gasteiger partial charge in [0.15, 0.2) is 5.75 Å². The van der Waals surface area contributed by atoms with Crippen molar-refractivity contribution in [1.82, 2.24) is 4.72 Å². The number of hydrogen-bond donors (Lipinski definition) is 2. The number of unbranched alkanes of at least 4 members (excludes halogenated alkanes) is 4. The Kier molecular flexibility index (Phi) is 8.10. The molecule has 1 atom stereocenters. The Bertz CT molecular complexity index is 396. The predicted molar refractivity (Wildman–Crippen MR) is 69.3 cm³/mol. The fourth-order valence-corrected chi connectivity index (χ4v) is 2.87. The molecule has 0 radical (unpaired) electrons. The molecule has 0 spiro atoms. The highest BCUT2D eigenvalue weighted by molar-refractivity contribution is 7.89. The normalized spacial score (nSPS) is 14.2. The van der Waals surface area contributed by atoms with E-state index in [1.54, 1.807) is 4.72 Å². The largest absolute Gasteiger partial charge is 0.404 e. The highest BCUT2D eigenvalue weighted by Crippen LogP contribution is 2.17. The van der Waals surface area contributed by atoms with Gasteiger partial charge in [0.25, 0.3) is 0 Å². The molecular formula is C11H21F3N2O3S. The fraction of sp³-hybridized carbons (Fsp3) is 0.909. The zero-order valence-corrected chi connectivity index (χ0v) is 12.2. The first-order valence-electron chi connectivity index (χ1n) is 6.43. The van der Waals surface area contributed by atoms with E-state index in [1.807, 2.05) is 6.92 Å². The van der Waals surface area contributed by atoms with Crippen molar-refractivity contribution in [2.24, 2.45) is 5.73 Å². The third-order valence-electron chi connectivity index (χ3n) is 2.62. The van der Waals surface area contributed by atoms with Crippen LogP contribution in [0.25, 0.3) is 0 Å². The van der Waals surface area contributed by atoms with Crippen molar-refractivity contribution in [3.05, 3.63) is 0 Å². The summed E-state index contributed by atoms with van der Waals surface area (Å²) in [6.07, 6.45) is -0.470. The molecule has 5 nitrogen and oxygen atoms in total. The van der Waals surface area contributed by atoms with E-state index < -0.39 is 33.9 Å². The van der Waals surface area contributed by atoms with Gasteiger partial charge in [-0.05, 0) is 6.42 Å². The molecule has 0 aromatic heterocycles. The monoisotopic (exact) mass is 318 g/mol. The Hall–Kier alpha value is -0.830. The van der Waals surface area contributed by atoms with Crippen LogP contribution in [0.15, 0.2) is 0 Å². The van der Waals surface area contributed by atoms with E-state index in [2.05, 4.69) is 0 Å². The quantitative estimate of drug-likeness (QED) is 0.601. The van der Waals surface area contributed by atoms with Crippen molar-refractivity contribution in [2.75, 3.05) is 5.75 Å². The number of carbonyl (C=O) groups is 1. The van der Waals surface area contributed by atoms with E-state index in [1.165, 1.54) is 0 Å². The second-order valence-corrected chi connectivity index (χ2v) is 6.40. The summed E-state index contributed by atoms with van der Waals surface area (Å²) in [6.45, 7) is 2.03. The summed E-state index contributed by atoms with van der Waals surface area (Å²) in [5.41, 5.74) is 5.00. The van der Waals surface area contributed by atoms with Crippen molar-refractivity contribution < 1.29 is 26.4 Å². The van der Waals surface area contributed by atoms with Crippen LogP contribution in [0.5, 0.6) is 0 Å². The Balaban J connectivity index is 4.37. The van der Waals surface area contributed by atoms with Crippen molar-refractivity contribution in [2.45, 2.75) is 57.7 Å². The number of rotatable bonds is 10. The van der Waals surface area contributed by atoms with Crippen LogP contribution in [-0.2, 0) is 14.8 Å². The van der Waals surface area contributed by atoms with Gasteiger partial charge < -0.3 is 5.73 Å². The maximum atomic E-state index is 12.1. The number of primary amides is 1. The maximum absolute atomic E-state index is 12.1. The number of nitrogens with two attached hydrogens (primary N) is 1. The minimum atomic E-state index is -4.85. The number of hydrogen-bond acceptors (Lipinski definition) is 3. The molecule has 0 saturated heterocycles. The van der Waals surface area contributed by atoms with Crippen LogP contribution in [0.2, 0.25) is 0 Å². The number of alkyl halides is 3. The molecule has 0 saturated carbocycles. The van der Waals surface area contributed by atoms with Gasteiger partial charge in [-0.1, -0.05) is 39.0 Å². The van der Waals surface area contributed by atoms with Crippen LogP contribution in [0.1, 0.15) is 45.4 Å². The summed E-state index contributed by atoms with van der Waals surface area (Å²) in [7, 11) is -4.61. The molecule has 0 fully saturated rings. The molecule has 3 N–H and O–H groups in total. The smallest absolute Gasteiger partial charge is 0.368 e. The molecule has 0 rings (SSSR count). The Morgan fingerprint density at radius 3 is 2.20 bits per heavy atom. The van der Waals surface area contributed by atoms with Crippen LogP contribution < -0.4 is 10.5 Å². The van der Waals surface area contributed by atoms with E-state index in [-0.39, 0.29) is 6.42 Å². The summed E-state index contributed by atoms with van der Waals surface area (Å²) in [5.74, 6) is -2.98. The first-order valence-corrected chi connectivity index (χ1v) is 8.08. The number of sulfonamides is 1. The van der Waals surface area contributed by atoms with Gasteiger partial charge in [-0.3, -0.25) is 4.79 Å². The van der Waals surface area contributed by atoms with E-state index in [0.29, 0.717) is 6.42 Å². The number of carbonyl (C=O) groups excluding carboxylic acids is 1. The summed E-state index contributed by atoms with van der Waals surface area (Å²) < 4.78 is 60.4. The molecule has 0 aromatic carbocycles. The number of nitrogens with one attached hydrogen (secondary N) is 1. The van der Waals surface area contributed by atoms with Gasteiger partial charge in [0.1, 0.15) is 6.04 Å². The van der Waals surface area contributed by atoms with Gasteiger partial charge in [-0.2, -0.15) is 13.2 Å². The van der Waals surface area contributed by atoms with Crippen LogP contribution in [0, 0.1) is 0 Å². The zero-order chi connectivity index (χ0) is 15.8. The van der Waals surface area contributed by atoms with Crippen LogP contribution in [0.3, 0.4) is 0 Å². The topological polar surface area (TPSA) is 89.3 Å². The van der Waals surface area contributed by atoms with E-state index in [9.17, 15) is 26.4 Å². The third-order valence-corrected chi connectivity index (χ3v) is 3.97. The molecule has 0 heterocycles. The van der Waals surface area contributed by atoms with Crippen molar-refractivity contribution in [3.63, 3.8) is 0 Å². The van der Waals surface area contributed by atoms with Gasteiger partial charge in [0, 0.05) is 0 Å². The SMILES string of the molecule is CCCCCCCC(NS(=O)(=O)CC(F)(F)F)C(N)=O. The highest BCUT2D eigenvalue weighted by atomic mass is 32.2. The first-order chi connectivity index (χ1) is 9.07. The lowest BCUT2D eigenvalue weighted by molar-refractivity contribution is -0.120. The summed E-state index contributed by atoms with van der Waals surface area (Å²) in [5, 5.41) is 0. The van der Waals surface area contributed by atoms with Gasteiger partial charge in [-0.15, -0.1) is 0 Å². The Labute approximate surface area is 117 Å². The molecule has 1 amide bonds. The molecule has 0 aliphatic rings. The van der Waals surface area contributed by atoms with Gasteiger partial charge >= 0.3 is 6.18 Å². The standard InChI is InChI=1S/C11H21F3N2O3S/c1-2-3-4-5-6-7-9(10(15)17)16-20(18,19)8-11(12,13)14/h9,16H,2-8H2,1H3,(H2,15,17). The number of amides is 1. The minimum absolute atomic E-state index is 0.107. The lowest BCUT2D eigenvalue weighted by Crippen LogP contribution is -2.46. The van der Waals surface area contributed by atoms with Crippen LogP contribution >= 0.6 is 0 Å². The number of halogens is 3. The van der Waals surface area contributed by atoms with E-state index in [0.717, 1.165) is 25.7 Å². The van der Waals surface area contributed by atoms with Crippen molar-refractivity contribution in [3.8, 4) is 0 Å². The summed E-state index contributed by atoms with van der Waals surface area (Å²) in [6, 6.07) is -1.29. The fourth-order valence-electron chi connectivity index (χ4n) is 1.69. The molecule has 0 bridgehead atoms. The Morgan fingerprint density at radius 1 is 1.20 bits per heavy atom. The third kappa shape index (κ3) is 10.0. The van der Waals surface area contributed by atoms with Crippen molar-refractivity contribution >= 4 is 15.9 Å². The first kappa shape index (κ1) is 19.2. The summed E-state index contributed by atoms with van der Waals surface area (Å²) in [4.78, 5) is 11.1. The molecule has 120 valence electrons. The zero-order valence-electron chi connectivity index (χ0n) is 11.4. The van der Waals surface area contributed by atoms with E-state index >= 15 is 0 Å². The highest BCUT2D eigenvalue weighted by Gasteiger charge is 2.36. The molecule has 9 heteroatoms. The van der Waals surface area contributed by atoms with E-state index in [4.69, 9.17) is 5.73 Å². The van der Waals surface area contributed by atoms with Gasteiger partial charge in [0.2, 0.25) is 15.9 Å². The summed E-state index contributed by atoms with van der Waals surface area (Å²) >= 11 is 0. The average molecular weight is 318 g/mol. The van der Waals surface area contributed by atoms with Crippen molar-refractivity contribution in [1.29, 1.82) is 0 Å². The lowest BCUT2D eigenvalue weighted by Gasteiger charge is -2.16. The molecular weight excluding hydrogens is 297 g/mol. The van der Waals surface area contributed by atoms with Gasteiger partial charge in [0.05, 0.1) is 0 Å². The second kappa shape index (κ2) is 8.46. The van der Waals surface area contributed by atoms with Crippen LogP contribution in [0.4, 0.5) is 13.2 Å². The molecule has 1 unspecified atom stereocenters. The Morgan fingerprint density at radius 2 is 1.75 bits per heavy atom. The predicted octanol–water partition coefficient (Wildman–Crippen LogP) is 1.68.